The van der Waals surface area contributed by atoms with Crippen LogP contribution in [0, 0.1) is 5.92 Å². The minimum atomic E-state index is 0.493. The summed E-state index contributed by atoms with van der Waals surface area (Å²) in [6, 6.07) is 0.493. The number of nitrogens with one attached hydrogen (secondary N) is 1. The minimum absolute atomic E-state index is 0.493. The van der Waals surface area contributed by atoms with E-state index in [-0.39, 0.29) is 0 Å². The summed E-state index contributed by atoms with van der Waals surface area (Å²) in [5, 5.41) is 3.48. The average Bonchev–Trinajstić information content (AvgIpc) is 2.09. The third-order valence-corrected chi connectivity index (χ3v) is 2.75. The van der Waals surface area contributed by atoms with Crippen molar-refractivity contribution >= 4 is 0 Å². The Morgan fingerprint density at radius 2 is 1.92 bits per heavy atom. The standard InChI is InChI=1S/C10H22N2/c1-2-7-12-8-9-3-5-10(11)6-4-9/h9-10,12H,2-8,11H2,1H3. The van der Waals surface area contributed by atoms with Gasteiger partial charge in [0.1, 0.15) is 0 Å². The first-order valence-corrected chi connectivity index (χ1v) is 5.29. The molecule has 0 aromatic carbocycles. The second-order valence-corrected chi connectivity index (χ2v) is 3.98. The fraction of sp³-hybridized carbons (Fsp3) is 1.00. The van der Waals surface area contributed by atoms with Gasteiger partial charge in [-0.3, -0.25) is 0 Å². The van der Waals surface area contributed by atoms with E-state index < -0.39 is 0 Å². The second kappa shape index (κ2) is 5.55. The van der Waals surface area contributed by atoms with Crippen LogP contribution in [0.2, 0.25) is 0 Å². The highest BCUT2D eigenvalue weighted by molar-refractivity contribution is 4.75. The van der Waals surface area contributed by atoms with Crippen molar-refractivity contribution in [1.29, 1.82) is 0 Å². The van der Waals surface area contributed by atoms with E-state index in [4.69, 9.17) is 5.73 Å². The van der Waals surface area contributed by atoms with Crippen LogP contribution in [-0.4, -0.2) is 19.1 Å². The summed E-state index contributed by atoms with van der Waals surface area (Å²) in [6.45, 7) is 4.59. The van der Waals surface area contributed by atoms with Gasteiger partial charge in [-0.1, -0.05) is 6.92 Å². The van der Waals surface area contributed by atoms with Gasteiger partial charge >= 0.3 is 0 Å². The van der Waals surface area contributed by atoms with Crippen molar-refractivity contribution in [3.05, 3.63) is 0 Å². The number of hydrogen-bond acceptors (Lipinski definition) is 2. The van der Waals surface area contributed by atoms with Crippen molar-refractivity contribution in [2.75, 3.05) is 13.1 Å². The van der Waals surface area contributed by atoms with Crippen molar-refractivity contribution in [3.8, 4) is 0 Å². The van der Waals surface area contributed by atoms with E-state index in [1.165, 1.54) is 45.2 Å². The normalized spacial score (nSPS) is 30.5. The van der Waals surface area contributed by atoms with Crippen molar-refractivity contribution < 1.29 is 0 Å². The fourth-order valence-corrected chi connectivity index (χ4v) is 1.88. The molecule has 0 aliphatic heterocycles. The number of nitrogens with two attached hydrogens (primary N) is 1. The molecule has 0 aromatic rings. The van der Waals surface area contributed by atoms with Crippen LogP contribution in [0.3, 0.4) is 0 Å². The molecule has 0 unspecified atom stereocenters. The van der Waals surface area contributed by atoms with Crippen molar-refractivity contribution in [2.45, 2.75) is 45.1 Å². The lowest BCUT2D eigenvalue weighted by molar-refractivity contribution is 0.315. The Morgan fingerprint density at radius 1 is 1.25 bits per heavy atom. The van der Waals surface area contributed by atoms with E-state index in [9.17, 15) is 0 Å². The molecule has 1 saturated carbocycles. The molecule has 0 spiro atoms. The van der Waals surface area contributed by atoms with Gasteiger partial charge < -0.3 is 11.1 Å². The largest absolute Gasteiger partial charge is 0.328 e. The molecule has 1 aliphatic rings. The maximum absolute atomic E-state index is 5.83. The lowest BCUT2D eigenvalue weighted by Crippen LogP contribution is -2.31. The van der Waals surface area contributed by atoms with Crippen LogP contribution in [0.5, 0.6) is 0 Å². The molecule has 3 N–H and O–H groups in total. The van der Waals surface area contributed by atoms with Gasteiger partial charge in [-0.05, 0) is 51.1 Å². The van der Waals surface area contributed by atoms with Crippen LogP contribution in [-0.2, 0) is 0 Å². The van der Waals surface area contributed by atoms with Crippen LogP contribution in [0.4, 0.5) is 0 Å². The van der Waals surface area contributed by atoms with E-state index in [0.29, 0.717) is 6.04 Å². The van der Waals surface area contributed by atoms with Crippen LogP contribution in [0.1, 0.15) is 39.0 Å². The monoisotopic (exact) mass is 170 g/mol. The first-order chi connectivity index (χ1) is 5.83. The summed E-state index contributed by atoms with van der Waals surface area (Å²) < 4.78 is 0. The molecular weight excluding hydrogens is 148 g/mol. The molecule has 1 rings (SSSR count). The van der Waals surface area contributed by atoms with Crippen LogP contribution < -0.4 is 11.1 Å². The third-order valence-electron chi connectivity index (χ3n) is 2.75. The van der Waals surface area contributed by atoms with Gasteiger partial charge in [0.2, 0.25) is 0 Å². The highest BCUT2D eigenvalue weighted by atomic mass is 14.9. The maximum atomic E-state index is 5.83. The van der Waals surface area contributed by atoms with Gasteiger partial charge in [0.15, 0.2) is 0 Å². The molecule has 1 fully saturated rings. The van der Waals surface area contributed by atoms with E-state index in [0.717, 1.165) is 5.92 Å². The van der Waals surface area contributed by atoms with Gasteiger partial charge in [-0.15, -0.1) is 0 Å². The SMILES string of the molecule is CCCNCC1CCC(N)CC1. The van der Waals surface area contributed by atoms with Crippen molar-refractivity contribution in [1.82, 2.24) is 5.32 Å². The quantitative estimate of drug-likeness (QED) is 0.628. The maximum Gasteiger partial charge on any atom is 0.00390 e. The molecule has 0 heterocycles. The molecule has 0 saturated heterocycles. The Morgan fingerprint density at radius 3 is 2.50 bits per heavy atom. The smallest absolute Gasteiger partial charge is 0.00390 e. The molecule has 12 heavy (non-hydrogen) atoms. The molecule has 72 valence electrons. The summed E-state index contributed by atoms with van der Waals surface area (Å²) in [4.78, 5) is 0. The van der Waals surface area contributed by atoms with Gasteiger partial charge in [-0.25, -0.2) is 0 Å². The Bertz CT molecular complexity index is 106. The molecule has 2 nitrogen and oxygen atoms in total. The zero-order valence-electron chi connectivity index (χ0n) is 8.18. The molecule has 0 atom stereocenters. The third kappa shape index (κ3) is 3.55. The van der Waals surface area contributed by atoms with Gasteiger partial charge in [-0.2, -0.15) is 0 Å². The summed E-state index contributed by atoms with van der Waals surface area (Å²) in [5.41, 5.74) is 5.83. The predicted octanol–water partition coefficient (Wildman–Crippen LogP) is 1.50. The molecule has 0 radical (unpaired) electrons. The van der Waals surface area contributed by atoms with Gasteiger partial charge in [0.25, 0.3) is 0 Å². The molecular formula is C10H22N2. The molecule has 0 amide bonds. The lowest BCUT2D eigenvalue weighted by atomic mass is 9.86. The Labute approximate surface area is 75.9 Å². The summed E-state index contributed by atoms with van der Waals surface area (Å²) >= 11 is 0. The van der Waals surface area contributed by atoms with Gasteiger partial charge in [0.05, 0.1) is 0 Å². The number of rotatable bonds is 4. The zero-order valence-corrected chi connectivity index (χ0v) is 8.18. The van der Waals surface area contributed by atoms with E-state index in [1.807, 2.05) is 0 Å². The van der Waals surface area contributed by atoms with Crippen LogP contribution in [0.15, 0.2) is 0 Å². The highest BCUT2D eigenvalue weighted by Crippen LogP contribution is 2.22. The van der Waals surface area contributed by atoms with E-state index in [1.54, 1.807) is 0 Å². The molecule has 0 aromatic heterocycles. The van der Waals surface area contributed by atoms with E-state index in [2.05, 4.69) is 12.2 Å². The van der Waals surface area contributed by atoms with Crippen LogP contribution in [0.25, 0.3) is 0 Å². The zero-order chi connectivity index (χ0) is 8.81. The fourth-order valence-electron chi connectivity index (χ4n) is 1.88. The Kier molecular flexibility index (Phi) is 4.62. The Balaban J connectivity index is 2.01. The first kappa shape index (κ1) is 10.0. The van der Waals surface area contributed by atoms with Gasteiger partial charge in [0, 0.05) is 6.04 Å². The highest BCUT2D eigenvalue weighted by Gasteiger charge is 2.17. The molecule has 0 bridgehead atoms. The molecule has 1 aliphatic carbocycles. The van der Waals surface area contributed by atoms with Crippen molar-refractivity contribution in [3.63, 3.8) is 0 Å². The first-order valence-electron chi connectivity index (χ1n) is 5.29. The Hall–Kier alpha value is -0.0800. The minimum Gasteiger partial charge on any atom is -0.328 e. The van der Waals surface area contributed by atoms with Crippen LogP contribution >= 0.6 is 0 Å². The summed E-state index contributed by atoms with van der Waals surface area (Å²) in [6.07, 6.45) is 6.37. The average molecular weight is 170 g/mol. The summed E-state index contributed by atoms with van der Waals surface area (Å²) in [7, 11) is 0. The second-order valence-electron chi connectivity index (χ2n) is 3.98. The molecule has 2 heteroatoms. The predicted molar refractivity (Wildman–Crippen MR) is 53.1 cm³/mol. The topological polar surface area (TPSA) is 38.0 Å². The van der Waals surface area contributed by atoms with Crippen molar-refractivity contribution in [2.24, 2.45) is 11.7 Å². The lowest BCUT2D eigenvalue weighted by Gasteiger charge is -2.26. The number of hydrogen-bond donors (Lipinski definition) is 2. The summed E-state index contributed by atoms with van der Waals surface area (Å²) in [5.74, 6) is 0.899. The van der Waals surface area contributed by atoms with E-state index >= 15 is 0 Å².